The number of likely N-dealkylation sites (tertiary alicyclic amines) is 1. The lowest BCUT2D eigenvalue weighted by molar-refractivity contribution is -0.135. The molecule has 2 amide bonds. The number of aromatic nitrogens is 2. The van der Waals surface area contributed by atoms with Crippen LogP contribution in [-0.2, 0) is 24.1 Å². The first kappa shape index (κ1) is 24.0. The van der Waals surface area contributed by atoms with Crippen LogP contribution in [0.15, 0.2) is 23.0 Å². The highest BCUT2D eigenvalue weighted by molar-refractivity contribution is 5.94. The van der Waals surface area contributed by atoms with Crippen molar-refractivity contribution in [1.29, 1.82) is 0 Å². The number of methoxy groups -OCH3 is 1. The number of pyridine rings is 2. The van der Waals surface area contributed by atoms with Crippen LogP contribution in [0.4, 0.5) is 5.82 Å². The minimum atomic E-state index is -0.282. The average molecular weight is 506 g/mol. The number of nitrogens with one attached hydrogen (secondary N) is 3. The lowest BCUT2D eigenvalue weighted by atomic mass is 9.73. The average Bonchev–Trinajstić information content (AvgIpc) is 3.35. The summed E-state index contributed by atoms with van der Waals surface area (Å²) < 4.78 is 5.21. The van der Waals surface area contributed by atoms with Crippen LogP contribution in [-0.4, -0.2) is 59.0 Å². The maximum atomic E-state index is 13.3. The van der Waals surface area contributed by atoms with Gasteiger partial charge in [0.15, 0.2) is 0 Å². The van der Waals surface area contributed by atoms with Gasteiger partial charge in [-0.2, -0.15) is 4.98 Å². The van der Waals surface area contributed by atoms with E-state index in [1.54, 1.807) is 13.2 Å². The fourth-order valence-electron chi connectivity index (χ4n) is 6.73. The number of aryl methyl sites for hydroxylation is 2. The van der Waals surface area contributed by atoms with E-state index in [0.717, 1.165) is 87.1 Å². The molecular formula is C28H35N5O4. The Labute approximate surface area is 216 Å². The van der Waals surface area contributed by atoms with Gasteiger partial charge in [-0.1, -0.05) is 0 Å². The van der Waals surface area contributed by atoms with Crippen LogP contribution in [0.3, 0.4) is 0 Å². The molecule has 0 spiro atoms. The van der Waals surface area contributed by atoms with Crippen molar-refractivity contribution < 1.29 is 14.3 Å². The van der Waals surface area contributed by atoms with Gasteiger partial charge in [0.25, 0.3) is 11.5 Å². The Kier molecular flexibility index (Phi) is 6.38. The molecule has 3 N–H and O–H groups in total. The molecule has 2 aromatic rings. The molecule has 9 heteroatoms. The second kappa shape index (κ2) is 9.84. The van der Waals surface area contributed by atoms with Crippen LogP contribution in [0, 0.1) is 11.8 Å². The summed E-state index contributed by atoms with van der Waals surface area (Å²) in [4.78, 5) is 48.2. The largest absolute Gasteiger partial charge is 0.481 e. The molecule has 0 radical (unpaired) electrons. The van der Waals surface area contributed by atoms with Gasteiger partial charge in [0.1, 0.15) is 17.4 Å². The van der Waals surface area contributed by atoms with E-state index in [1.807, 2.05) is 17.0 Å². The van der Waals surface area contributed by atoms with Gasteiger partial charge in [-0.25, -0.2) is 0 Å². The molecule has 4 atom stereocenters. The summed E-state index contributed by atoms with van der Waals surface area (Å²) in [5.74, 6) is 2.08. The molecule has 37 heavy (non-hydrogen) atoms. The molecule has 1 saturated heterocycles. The lowest BCUT2D eigenvalue weighted by Gasteiger charge is -2.44. The van der Waals surface area contributed by atoms with E-state index in [1.165, 1.54) is 0 Å². The molecule has 9 nitrogen and oxygen atoms in total. The lowest BCUT2D eigenvalue weighted by Crippen LogP contribution is -2.52. The standard InChI is InChI=1S/C28H35N5O4/c1-37-24-9-7-18-14-23(30-25(18)32-24)28(36)33-11-10-16-12-20(8-6-19(16)15-33)29-26(34)21-13-17-4-2-3-5-22(17)31-27(21)35/h7,9,13,16,19-20,23H,2-6,8,10-12,14-15H2,1H3,(H,29,34)(H,30,32)(H,31,35). The zero-order chi connectivity index (χ0) is 25.5. The first-order valence-electron chi connectivity index (χ1n) is 13.6. The third-order valence-corrected chi connectivity index (χ3v) is 8.79. The molecule has 4 unspecified atom stereocenters. The normalized spacial score (nSPS) is 26.4. The Morgan fingerprint density at radius 3 is 2.84 bits per heavy atom. The van der Waals surface area contributed by atoms with E-state index in [-0.39, 0.29) is 35.0 Å². The summed E-state index contributed by atoms with van der Waals surface area (Å²) in [7, 11) is 1.59. The molecule has 2 aliphatic carbocycles. The van der Waals surface area contributed by atoms with Crippen LogP contribution in [0.25, 0.3) is 0 Å². The van der Waals surface area contributed by atoms with E-state index < -0.39 is 0 Å². The molecule has 0 bridgehead atoms. The Hall–Kier alpha value is -3.36. The number of H-pyrrole nitrogens is 1. The Morgan fingerprint density at radius 2 is 1.97 bits per heavy atom. The number of anilines is 1. The number of hydrogen-bond acceptors (Lipinski definition) is 6. The number of nitrogens with zero attached hydrogens (tertiary/aromatic N) is 2. The maximum absolute atomic E-state index is 13.3. The zero-order valence-electron chi connectivity index (χ0n) is 21.3. The summed E-state index contributed by atoms with van der Waals surface area (Å²) in [6.45, 7) is 1.50. The van der Waals surface area contributed by atoms with Gasteiger partial charge in [-0.3, -0.25) is 14.4 Å². The molecule has 196 valence electrons. The van der Waals surface area contributed by atoms with Crippen LogP contribution >= 0.6 is 0 Å². The van der Waals surface area contributed by atoms with E-state index in [2.05, 4.69) is 20.6 Å². The van der Waals surface area contributed by atoms with Crippen molar-refractivity contribution in [2.24, 2.45) is 11.8 Å². The number of carbonyl (C=O) groups is 2. The van der Waals surface area contributed by atoms with Gasteiger partial charge in [0, 0.05) is 37.3 Å². The summed E-state index contributed by atoms with van der Waals surface area (Å²) in [5, 5.41) is 6.44. The first-order chi connectivity index (χ1) is 18.0. The number of hydrogen-bond donors (Lipinski definition) is 3. The minimum Gasteiger partial charge on any atom is -0.481 e. The molecule has 2 fully saturated rings. The van der Waals surface area contributed by atoms with E-state index in [9.17, 15) is 14.4 Å². The molecule has 4 aliphatic rings. The fraction of sp³-hybridized carbons (Fsp3) is 0.571. The number of aromatic amines is 1. The van der Waals surface area contributed by atoms with Gasteiger partial charge in [0.2, 0.25) is 11.8 Å². The Bertz CT molecular complexity index is 1270. The maximum Gasteiger partial charge on any atom is 0.261 e. The van der Waals surface area contributed by atoms with Crippen molar-refractivity contribution >= 4 is 17.6 Å². The number of rotatable bonds is 4. The third kappa shape index (κ3) is 4.71. The van der Waals surface area contributed by atoms with E-state index in [0.29, 0.717) is 24.1 Å². The SMILES string of the molecule is COc1ccc2c(n1)NC(C(=O)N1CCC3CC(NC(=O)c4cc5c([nH]c4=O)CCCC5)CCC3C1)C2. The molecule has 2 aromatic heterocycles. The number of piperidine rings is 1. The van der Waals surface area contributed by atoms with Crippen LogP contribution in [0.5, 0.6) is 5.88 Å². The third-order valence-electron chi connectivity index (χ3n) is 8.79. The number of amides is 2. The number of ether oxygens (including phenoxy) is 1. The van der Waals surface area contributed by atoms with Crippen molar-refractivity contribution in [1.82, 2.24) is 20.2 Å². The second-order valence-electron chi connectivity index (χ2n) is 11.1. The Morgan fingerprint density at radius 1 is 1.11 bits per heavy atom. The quantitative estimate of drug-likeness (QED) is 0.588. The first-order valence-corrected chi connectivity index (χ1v) is 13.6. The smallest absolute Gasteiger partial charge is 0.261 e. The van der Waals surface area contributed by atoms with Crippen LogP contribution in [0.1, 0.15) is 65.7 Å². The molecule has 2 aliphatic heterocycles. The van der Waals surface area contributed by atoms with Gasteiger partial charge in [-0.05, 0) is 86.5 Å². The monoisotopic (exact) mass is 505 g/mol. The van der Waals surface area contributed by atoms with Crippen molar-refractivity contribution in [3.8, 4) is 5.88 Å². The highest BCUT2D eigenvalue weighted by Gasteiger charge is 2.39. The summed E-state index contributed by atoms with van der Waals surface area (Å²) >= 11 is 0. The summed E-state index contributed by atoms with van der Waals surface area (Å²) in [6, 6.07) is 5.40. The molecule has 4 heterocycles. The topological polar surface area (TPSA) is 116 Å². The van der Waals surface area contributed by atoms with E-state index in [4.69, 9.17) is 4.74 Å². The molecule has 0 aromatic carbocycles. The minimum absolute atomic E-state index is 0.0680. The van der Waals surface area contributed by atoms with Crippen LogP contribution < -0.4 is 20.9 Å². The number of carbonyl (C=O) groups excluding carboxylic acids is 2. The van der Waals surface area contributed by atoms with Gasteiger partial charge < -0.3 is 25.3 Å². The van der Waals surface area contributed by atoms with Crippen LogP contribution in [0.2, 0.25) is 0 Å². The molecule has 6 rings (SSSR count). The highest BCUT2D eigenvalue weighted by Crippen LogP contribution is 2.37. The van der Waals surface area contributed by atoms with E-state index >= 15 is 0 Å². The van der Waals surface area contributed by atoms with Crippen molar-refractivity contribution in [3.63, 3.8) is 0 Å². The van der Waals surface area contributed by atoms with Crippen molar-refractivity contribution in [2.75, 3.05) is 25.5 Å². The number of fused-ring (bicyclic) bond motifs is 3. The predicted molar refractivity (Wildman–Crippen MR) is 139 cm³/mol. The molecular weight excluding hydrogens is 470 g/mol. The second-order valence-corrected chi connectivity index (χ2v) is 11.1. The van der Waals surface area contributed by atoms with Gasteiger partial charge >= 0.3 is 0 Å². The molecule has 1 saturated carbocycles. The predicted octanol–water partition coefficient (Wildman–Crippen LogP) is 2.44. The Balaban J connectivity index is 1.04. The summed E-state index contributed by atoms with van der Waals surface area (Å²) in [6.07, 6.45) is 8.30. The van der Waals surface area contributed by atoms with Crippen molar-refractivity contribution in [2.45, 2.75) is 69.9 Å². The fourth-order valence-corrected chi connectivity index (χ4v) is 6.73. The summed E-state index contributed by atoms with van der Waals surface area (Å²) in [5.41, 5.74) is 3.09. The highest BCUT2D eigenvalue weighted by atomic mass is 16.5. The van der Waals surface area contributed by atoms with Gasteiger partial charge in [-0.15, -0.1) is 0 Å². The zero-order valence-corrected chi connectivity index (χ0v) is 21.3. The van der Waals surface area contributed by atoms with Gasteiger partial charge in [0.05, 0.1) is 7.11 Å². The van der Waals surface area contributed by atoms with Crippen molar-refractivity contribution in [3.05, 3.63) is 50.9 Å².